The Morgan fingerprint density at radius 1 is 1.17 bits per heavy atom. The Labute approximate surface area is 114 Å². The van der Waals surface area contributed by atoms with E-state index >= 15 is 0 Å². The van der Waals surface area contributed by atoms with E-state index < -0.39 is 0 Å². The van der Waals surface area contributed by atoms with Crippen molar-refractivity contribution in [1.82, 2.24) is 5.32 Å². The molecule has 98 valence electrons. The molecule has 0 radical (unpaired) electrons. The molecule has 18 heavy (non-hydrogen) atoms. The van der Waals surface area contributed by atoms with Crippen molar-refractivity contribution in [2.24, 2.45) is 5.92 Å². The van der Waals surface area contributed by atoms with E-state index in [1.807, 2.05) is 11.3 Å². The predicted octanol–water partition coefficient (Wildman–Crippen LogP) is 4.99. The number of thiophene rings is 1. The lowest BCUT2D eigenvalue weighted by molar-refractivity contribution is 0.451. The largest absolute Gasteiger partial charge is 0.310 e. The summed E-state index contributed by atoms with van der Waals surface area (Å²) in [6.45, 7) is 7.83. The quantitative estimate of drug-likeness (QED) is 0.772. The number of fused-ring (bicyclic) bond motifs is 1. The molecule has 0 aliphatic heterocycles. The van der Waals surface area contributed by atoms with Crippen molar-refractivity contribution in [3.8, 4) is 0 Å². The molecule has 0 saturated heterocycles. The third-order valence-corrected chi connectivity index (χ3v) is 4.35. The molecule has 1 aromatic heterocycles. The fraction of sp³-hybridized carbons (Fsp3) is 0.500. The molecule has 0 aliphatic rings. The SMILES string of the molecule is CCNC(CCC(C)C)c1csc2ccccc12. The summed E-state index contributed by atoms with van der Waals surface area (Å²) in [6.07, 6.45) is 2.51. The number of nitrogens with one attached hydrogen (secondary N) is 1. The van der Waals surface area contributed by atoms with Crippen LogP contribution in [0.25, 0.3) is 10.1 Å². The molecule has 1 nitrogen and oxygen atoms in total. The van der Waals surface area contributed by atoms with Gasteiger partial charge in [-0.25, -0.2) is 0 Å². The van der Waals surface area contributed by atoms with Crippen LogP contribution >= 0.6 is 11.3 Å². The molecule has 1 N–H and O–H groups in total. The molecule has 0 bridgehead atoms. The van der Waals surface area contributed by atoms with Gasteiger partial charge in [0.05, 0.1) is 0 Å². The van der Waals surface area contributed by atoms with Crippen molar-refractivity contribution in [1.29, 1.82) is 0 Å². The standard InChI is InChI=1S/C16H23NS/c1-4-17-15(10-9-12(2)3)14-11-18-16-8-6-5-7-13(14)16/h5-8,11-12,15,17H,4,9-10H2,1-3H3. The van der Waals surface area contributed by atoms with E-state index in [0.717, 1.165) is 12.5 Å². The summed E-state index contributed by atoms with van der Waals surface area (Å²) >= 11 is 1.86. The Hall–Kier alpha value is -0.860. The van der Waals surface area contributed by atoms with Crippen LogP contribution in [-0.2, 0) is 0 Å². The summed E-state index contributed by atoms with van der Waals surface area (Å²) in [4.78, 5) is 0. The van der Waals surface area contributed by atoms with Crippen LogP contribution in [0.3, 0.4) is 0 Å². The zero-order chi connectivity index (χ0) is 13.0. The highest BCUT2D eigenvalue weighted by Crippen LogP contribution is 2.32. The zero-order valence-electron chi connectivity index (χ0n) is 11.6. The number of rotatable bonds is 6. The summed E-state index contributed by atoms with van der Waals surface area (Å²) in [5.41, 5.74) is 1.48. The van der Waals surface area contributed by atoms with Gasteiger partial charge in [0.15, 0.2) is 0 Å². The molecular weight excluding hydrogens is 238 g/mol. The molecule has 2 heteroatoms. The third-order valence-electron chi connectivity index (χ3n) is 3.37. The second-order valence-corrected chi connectivity index (χ2v) is 6.18. The molecule has 0 fully saturated rings. The van der Waals surface area contributed by atoms with Crippen LogP contribution < -0.4 is 5.32 Å². The molecule has 2 aromatic rings. The van der Waals surface area contributed by atoms with Crippen molar-refractivity contribution in [2.75, 3.05) is 6.54 Å². The van der Waals surface area contributed by atoms with Gasteiger partial charge in [0, 0.05) is 10.7 Å². The van der Waals surface area contributed by atoms with Crippen LogP contribution in [0.2, 0.25) is 0 Å². The Balaban J connectivity index is 2.24. The Morgan fingerprint density at radius 2 is 1.94 bits per heavy atom. The summed E-state index contributed by atoms with van der Waals surface area (Å²) in [7, 11) is 0. The summed E-state index contributed by atoms with van der Waals surface area (Å²) in [6, 6.07) is 9.24. The second-order valence-electron chi connectivity index (χ2n) is 5.27. The maximum absolute atomic E-state index is 3.64. The highest BCUT2D eigenvalue weighted by atomic mass is 32.1. The molecule has 2 rings (SSSR count). The number of benzene rings is 1. The molecule has 0 spiro atoms. The van der Waals surface area contributed by atoms with Crippen LogP contribution in [0.5, 0.6) is 0 Å². The van der Waals surface area contributed by atoms with Gasteiger partial charge in [-0.15, -0.1) is 11.3 Å². The van der Waals surface area contributed by atoms with E-state index in [-0.39, 0.29) is 0 Å². The lowest BCUT2D eigenvalue weighted by Crippen LogP contribution is -2.21. The molecule has 0 amide bonds. The molecule has 0 aliphatic carbocycles. The zero-order valence-corrected chi connectivity index (χ0v) is 12.4. The van der Waals surface area contributed by atoms with Gasteiger partial charge in [0.2, 0.25) is 0 Å². The van der Waals surface area contributed by atoms with Crippen molar-refractivity contribution < 1.29 is 0 Å². The van der Waals surface area contributed by atoms with Crippen molar-refractivity contribution in [2.45, 2.75) is 39.7 Å². The number of hydrogen-bond donors (Lipinski definition) is 1. The predicted molar refractivity (Wildman–Crippen MR) is 82.3 cm³/mol. The topological polar surface area (TPSA) is 12.0 Å². The highest BCUT2D eigenvalue weighted by Gasteiger charge is 2.15. The van der Waals surface area contributed by atoms with E-state index in [1.54, 1.807) is 0 Å². The van der Waals surface area contributed by atoms with Crippen LogP contribution in [0.1, 0.15) is 45.2 Å². The maximum Gasteiger partial charge on any atom is 0.0346 e. The Bertz CT molecular complexity index is 487. The first-order chi connectivity index (χ1) is 8.72. The lowest BCUT2D eigenvalue weighted by atomic mass is 9.97. The average molecular weight is 261 g/mol. The third kappa shape index (κ3) is 3.12. The van der Waals surface area contributed by atoms with Crippen LogP contribution in [0, 0.1) is 5.92 Å². The van der Waals surface area contributed by atoms with E-state index in [2.05, 4.69) is 55.7 Å². The smallest absolute Gasteiger partial charge is 0.0346 e. The van der Waals surface area contributed by atoms with Gasteiger partial charge < -0.3 is 5.32 Å². The van der Waals surface area contributed by atoms with Crippen molar-refractivity contribution in [3.05, 3.63) is 35.2 Å². The molecule has 1 aromatic carbocycles. The van der Waals surface area contributed by atoms with E-state index in [9.17, 15) is 0 Å². The van der Waals surface area contributed by atoms with Gasteiger partial charge in [-0.1, -0.05) is 39.0 Å². The Kier molecular flexibility index (Phi) is 4.79. The van der Waals surface area contributed by atoms with Crippen LogP contribution in [0.15, 0.2) is 29.6 Å². The van der Waals surface area contributed by atoms with Gasteiger partial charge in [-0.05, 0) is 47.7 Å². The lowest BCUT2D eigenvalue weighted by Gasteiger charge is -2.18. The Morgan fingerprint density at radius 3 is 2.67 bits per heavy atom. The average Bonchev–Trinajstić information content (AvgIpc) is 2.78. The molecular formula is C16H23NS. The highest BCUT2D eigenvalue weighted by molar-refractivity contribution is 7.17. The first-order valence-corrected chi connectivity index (χ1v) is 7.79. The minimum Gasteiger partial charge on any atom is -0.310 e. The first kappa shape index (κ1) is 13.6. The van der Waals surface area contributed by atoms with Gasteiger partial charge in [-0.2, -0.15) is 0 Å². The van der Waals surface area contributed by atoms with Crippen LogP contribution in [0.4, 0.5) is 0 Å². The maximum atomic E-state index is 3.64. The fourth-order valence-corrected chi connectivity index (χ4v) is 3.40. The van der Waals surface area contributed by atoms with Crippen LogP contribution in [-0.4, -0.2) is 6.54 Å². The molecule has 0 saturated carbocycles. The summed E-state index contributed by atoms with van der Waals surface area (Å²) in [5.74, 6) is 0.774. The van der Waals surface area contributed by atoms with Crippen molar-refractivity contribution >= 4 is 21.4 Å². The normalized spacial score (nSPS) is 13.3. The molecule has 1 unspecified atom stereocenters. The fourth-order valence-electron chi connectivity index (χ4n) is 2.38. The minimum absolute atomic E-state index is 0.508. The van der Waals surface area contributed by atoms with E-state index in [4.69, 9.17) is 0 Å². The van der Waals surface area contributed by atoms with E-state index in [1.165, 1.54) is 28.5 Å². The second kappa shape index (κ2) is 6.35. The van der Waals surface area contributed by atoms with Crippen molar-refractivity contribution in [3.63, 3.8) is 0 Å². The molecule has 1 heterocycles. The number of hydrogen-bond acceptors (Lipinski definition) is 2. The minimum atomic E-state index is 0.508. The van der Waals surface area contributed by atoms with Gasteiger partial charge >= 0.3 is 0 Å². The van der Waals surface area contributed by atoms with Gasteiger partial charge in [0.1, 0.15) is 0 Å². The summed E-state index contributed by atoms with van der Waals surface area (Å²) < 4.78 is 1.40. The first-order valence-electron chi connectivity index (χ1n) is 6.92. The van der Waals surface area contributed by atoms with E-state index in [0.29, 0.717) is 6.04 Å². The summed E-state index contributed by atoms with van der Waals surface area (Å²) in [5, 5.41) is 7.40. The van der Waals surface area contributed by atoms with Gasteiger partial charge in [-0.3, -0.25) is 0 Å². The molecule has 1 atom stereocenters. The van der Waals surface area contributed by atoms with Gasteiger partial charge in [0.25, 0.3) is 0 Å². The monoisotopic (exact) mass is 261 g/mol.